The first-order valence-corrected chi connectivity index (χ1v) is 6.22. The van der Waals surface area contributed by atoms with Crippen molar-refractivity contribution in [1.82, 2.24) is 9.88 Å². The smallest absolute Gasteiger partial charge is 0.254 e. The molecule has 0 radical (unpaired) electrons. The third kappa shape index (κ3) is 3.13. The van der Waals surface area contributed by atoms with Gasteiger partial charge in [-0.2, -0.15) is 0 Å². The van der Waals surface area contributed by atoms with E-state index in [4.69, 9.17) is 9.84 Å². The van der Waals surface area contributed by atoms with Gasteiger partial charge in [0.05, 0.1) is 13.2 Å². The van der Waals surface area contributed by atoms with Crippen LogP contribution < -0.4 is 0 Å². The van der Waals surface area contributed by atoms with E-state index in [0.29, 0.717) is 25.3 Å². The molecule has 0 saturated carbocycles. The van der Waals surface area contributed by atoms with Gasteiger partial charge < -0.3 is 19.7 Å². The van der Waals surface area contributed by atoms with E-state index in [9.17, 15) is 4.79 Å². The number of aromatic amines is 1. The number of fused-ring (bicyclic) bond motifs is 1. The molecule has 5 heteroatoms. The SMILES string of the molecule is COCCN(CCO)C(=O)c1ccc2[nH]ccc2c1. The van der Waals surface area contributed by atoms with Gasteiger partial charge in [0.25, 0.3) is 5.91 Å². The highest BCUT2D eigenvalue weighted by Crippen LogP contribution is 2.15. The molecular weight excluding hydrogens is 244 g/mol. The summed E-state index contributed by atoms with van der Waals surface area (Å²) in [5.74, 6) is -0.0887. The molecule has 0 atom stereocenters. The zero-order valence-corrected chi connectivity index (χ0v) is 10.9. The van der Waals surface area contributed by atoms with Crippen LogP contribution in [0.4, 0.5) is 0 Å². The van der Waals surface area contributed by atoms with E-state index in [-0.39, 0.29) is 12.5 Å². The Morgan fingerprint density at radius 3 is 2.95 bits per heavy atom. The molecule has 0 aliphatic heterocycles. The Morgan fingerprint density at radius 1 is 1.37 bits per heavy atom. The number of aromatic nitrogens is 1. The molecule has 1 heterocycles. The van der Waals surface area contributed by atoms with Crippen LogP contribution in [-0.4, -0.2) is 54.3 Å². The normalized spacial score (nSPS) is 10.8. The third-order valence-electron chi connectivity index (χ3n) is 3.02. The van der Waals surface area contributed by atoms with Crippen molar-refractivity contribution in [3.8, 4) is 0 Å². The van der Waals surface area contributed by atoms with Crippen LogP contribution in [0.3, 0.4) is 0 Å². The van der Waals surface area contributed by atoms with E-state index in [1.165, 1.54) is 0 Å². The average Bonchev–Trinajstić information content (AvgIpc) is 2.90. The fraction of sp³-hybridized carbons (Fsp3) is 0.357. The number of aliphatic hydroxyl groups is 1. The standard InChI is InChI=1S/C14H18N2O3/c1-19-9-7-16(6-8-17)14(18)12-2-3-13-11(10-12)4-5-15-13/h2-5,10,15,17H,6-9H2,1H3. The second-order valence-corrected chi connectivity index (χ2v) is 4.29. The average molecular weight is 262 g/mol. The van der Waals surface area contributed by atoms with Gasteiger partial charge in [0, 0.05) is 42.9 Å². The maximum atomic E-state index is 12.4. The van der Waals surface area contributed by atoms with Crippen LogP contribution in [0, 0.1) is 0 Å². The quantitative estimate of drug-likeness (QED) is 0.823. The number of methoxy groups -OCH3 is 1. The van der Waals surface area contributed by atoms with Crippen LogP contribution in [0.2, 0.25) is 0 Å². The van der Waals surface area contributed by atoms with Crippen LogP contribution in [0.25, 0.3) is 10.9 Å². The maximum Gasteiger partial charge on any atom is 0.254 e. The number of nitrogens with one attached hydrogen (secondary N) is 1. The van der Waals surface area contributed by atoms with Gasteiger partial charge in [-0.15, -0.1) is 0 Å². The van der Waals surface area contributed by atoms with Crippen molar-refractivity contribution in [3.05, 3.63) is 36.0 Å². The van der Waals surface area contributed by atoms with Gasteiger partial charge in [0.15, 0.2) is 0 Å². The van der Waals surface area contributed by atoms with Gasteiger partial charge in [-0.25, -0.2) is 0 Å². The van der Waals surface area contributed by atoms with Crippen molar-refractivity contribution in [3.63, 3.8) is 0 Å². The molecule has 19 heavy (non-hydrogen) atoms. The number of H-pyrrole nitrogens is 1. The summed E-state index contributed by atoms with van der Waals surface area (Å²) in [6.45, 7) is 1.19. The van der Waals surface area contributed by atoms with Crippen LogP contribution in [0.15, 0.2) is 30.5 Å². The lowest BCUT2D eigenvalue weighted by Crippen LogP contribution is -2.36. The third-order valence-corrected chi connectivity index (χ3v) is 3.02. The van der Waals surface area contributed by atoms with Crippen molar-refractivity contribution < 1.29 is 14.6 Å². The van der Waals surface area contributed by atoms with E-state index in [1.54, 1.807) is 18.1 Å². The Balaban J connectivity index is 2.19. The van der Waals surface area contributed by atoms with Crippen LogP contribution >= 0.6 is 0 Å². The molecule has 5 nitrogen and oxygen atoms in total. The summed E-state index contributed by atoms with van der Waals surface area (Å²) >= 11 is 0. The Morgan fingerprint density at radius 2 is 2.21 bits per heavy atom. The van der Waals surface area contributed by atoms with E-state index in [2.05, 4.69) is 4.98 Å². The van der Waals surface area contributed by atoms with Gasteiger partial charge in [-0.3, -0.25) is 4.79 Å². The van der Waals surface area contributed by atoms with Gasteiger partial charge in [0.1, 0.15) is 0 Å². The molecule has 0 saturated heterocycles. The lowest BCUT2D eigenvalue weighted by molar-refractivity contribution is 0.0656. The molecular formula is C14H18N2O3. The number of ether oxygens (including phenoxy) is 1. The van der Waals surface area contributed by atoms with Gasteiger partial charge in [-0.05, 0) is 24.3 Å². The van der Waals surface area contributed by atoms with Crippen molar-refractivity contribution in [1.29, 1.82) is 0 Å². The minimum atomic E-state index is -0.0887. The molecule has 0 spiro atoms. The van der Waals surface area contributed by atoms with Crippen LogP contribution in [-0.2, 0) is 4.74 Å². The van der Waals surface area contributed by atoms with Gasteiger partial charge in [-0.1, -0.05) is 0 Å². The minimum absolute atomic E-state index is 0.0537. The monoisotopic (exact) mass is 262 g/mol. The van der Waals surface area contributed by atoms with Crippen LogP contribution in [0.5, 0.6) is 0 Å². The number of rotatable bonds is 6. The van der Waals surface area contributed by atoms with Crippen molar-refractivity contribution in [2.75, 3.05) is 33.4 Å². The highest BCUT2D eigenvalue weighted by molar-refractivity contribution is 5.98. The van der Waals surface area contributed by atoms with E-state index >= 15 is 0 Å². The van der Waals surface area contributed by atoms with E-state index < -0.39 is 0 Å². The van der Waals surface area contributed by atoms with Crippen molar-refractivity contribution in [2.24, 2.45) is 0 Å². The predicted octanol–water partition coefficient (Wildman–Crippen LogP) is 1.25. The summed E-state index contributed by atoms with van der Waals surface area (Å²) in [5, 5.41) is 10.0. The molecule has 0 fully saturated rings. The number of hydrogen-bond acceptors (Lipinski definition) is 3. The number of hydrogen-bond donors (Lipinski definition) is 2. The second-order valence-electron chi connectivity index (χ2n) is 4.29. The maximum absolute atomic E-state index is 12.4. The summed E-state index contributed by atoms with van der Waals surface area (Å²) < 4.78 is 4.98. The summed E-state index contributed by atoms with van der Waals surface area (Å²) in [5.41, 5.74) is 1.62. The molecule has 1 aromatic carbocycles. The summed E-state index contributed by atoms with van der Waals surface area (Å²) in [7, 11) is 1.59. The zero-order chi connectivity index (χ0) is 13.7. The zero-order valence-electron chi connectivity index (χ0n) is 10.9. The highest BCUT2D eigenvalue weighted by atomic mass is 16.5. The highest BCUT2D eigenvalue weighted by Gasteiger charge is 2.15. The van der Waals surface area contributed by atoms with Crippen molar-refractivity contribution >= 4 is 16.8 Å². The molecule has 0 unspecified atom stereocenters. The van der Waals surface area contributed by atoms with Gasteiger partial charge >= 0.3 is 0 Å². The summed E-state index contributed by atoms with van der Waals surface area (Å²) in [6.07, 6.45) is 1.84. The molecule has 102 valence electrons. The first-order chi connectivity index (χ1) is 9.26. The molecule has 0 bridgehead atoms. The van der Waals surface area contributed by atoms with Gasteiger partial charge in [0.2, 0.25) is 0 Å². The molecule has 0 aliphatic rings. The first kappa shape index (κ1) is 13.6. The topological polar surface area (TPSA) is 65.6 Å². The number of carbonyl (C=O) groups excluding carboxylic acids is 1. The summed E-state index contributed by atoms with van der Waals surface area (Å²) in [4.78, 5) is 17.0. The fourth-order valence-electron chi connectivity index (χ4n) is 2.01. The van der Waals surface area contributed by atoms with E-state index in [1.807, 2.05) is 24.4 Å². The first-order valence-electron chi connectivity index (χ1n) is 6.22. The van der Waals surface area contributed by atoms with Crippen LogP contribution in [0.1, 0.15) is 10.4 Å². The Kier molecular flexibility index (Phi) is 4.54. The summed E-state index contributed by atoms with van der Waals surface area (Å²) in [6, 6.07) is 7.46. The lowest BCUT2D eigenvalue weighted by atomic mass is 10.1. The molecule has 1 amide bonds. The fourth-order valence-corrected chi connectivity index (χ4v) is 2.01. The number of benzene rings is 1. The Bertz CT molecular complexity index is 550. The number of aliphatic hydroxyl groups excluding tert-OH is 1. The minimum Gasteiger partial charge on any atom is -0.395 e. The largest absolute Gasteiger partial charge is 0.395 e. The number of amides is 1. The number of nitrogens with zero attached hydrogens (tertiary/aromatic N) is 1. The van der Waals surface area contributed by atoms with Crippen molar-refractivity contribution in [2.45, 2.75) is 0 Å². The predicted molar refractivity (Wildman–Crippen MR) is 73.2 cm³/mol. The Labute approximate surface area is 111 Å². The Hall–Kier alpha value is -1.85. The molecule has 1 aromatic heterocycles. The van der Waals surface area contributed by atoms with E-state index in [0.717, 1.165) is 10.9 Å². The lowest BCUT2D eigenvalue weighted by Gasteiger charge is -2.21. The molecule has 2 aromatic rings. The second kappa shape index (κ2) is 6.36. The molecule has 0 aliphatic carbocycles. The number of carbonyl (C=O) groups is 1. The molecule has 2 N–H and O–H groups in total. The molecule has 2 rings (SSSR count).